The smallest absolute Gasteiger partial charge is 0.251 e. The number of rotatable bonds is 3. The number of carbonyl (C=O) groups excluding carboxylic acids is 1. The lowest BCUT2D eigenvalue weighted by molar-refractivity contribution is 0.0919. The number of nitrogen functional groups attached to an aromatic ring is 1. The van der Waals surface area contributed by atoms with Gasteiger partial charge in [-0.2, -0.15) is 0 Å². The summed E-state index contributed by atoms with van der Waals surface area (Å²) >= 11 is 0. The van der Waals surface area contributed by atoms with Crippen molar-refractivity contribution in [3.8, 4) is 0 Å². The van der Waals surface area contributed by atoms with Crippen LogP contribution in [-0.4, -0.2) is 11.9 Å². The van der Waals surface area contributed by atoms with Gasteiger partial charge in [0.2, 0.25) is 0 Å². The van der Waals surface area contributed by atoms with Crippen LogP contribution in [0.4, 0.5) is 5.69 Å². The van der Waals surface area contributed by atoms with Crippen molar-refractivity contribution in [3.05, 3.63) is 29.8 Å². The fraction of sp³-hybridized carbons (Fsp3) is 0.533. The SMILES string of the molecule is CC(NC(=O)c1cccc(N)c1)C1CCCCC1.Cl. The molecule has 1 aromatic carbocycles. The number of hydrogen-bond donors (Lipinski definition) is 2. The zero-order valence-corrected chi connectivity index (χ0v) is 12.2. The highest BCUT2D eigenvalue weighted by Crippen LogP contribution is 2.26. The average Bonchev–Trinajstić information content (AvgIpc) is 2.39. The van der Waals surface area contributed by atoms with Crippen LogP contribution in [0.5, 0.6) is 0 Å². The lowest BCUT2D eigenvalue weighted by Gasteiger charge is -2.28. The maximum atomic E-state index is 12.1. The van der Waals surface area contributed by atoms with E-state index in [-0.39, 0.29) is 24.4 Å². The molecule has 0 aromatic heterocycles. The van der Waals surface area contributed by atoms with Crippen LogP contribution in [0.2, 0.25) is 0 Å². The van der Waals surface area contributed by atoms with E-state index < -0.39 is 0 Å². The molecule has 3 nitrogen and oxygen atoms in total. The van der Waals surface area contributed by atoms with E-state index in [2.05, 4.69) is 12.2 Å². The minimum absolute atomic E-state index is 0. The standard InChI is InChI=1S/C15H22N2O.ClH/c1-11(12-6-3-2-4-7-12)17-15(18)13-8-5-9-14(16)10-13;/h5,8-12H,2-4,6-7,16H2,1H3,(H,17,18);1H. The second kappa shape index (κ2) is 7.39. The first-order valence-corrected chi connectivity index (χ1v) is 6.83. The number of hydrogen-bond acceptors (Lipinski definition) is 2. The Morgan fingerprint density at radius 1 is 1.32 bits per heavy atom. The van der Waals surface area contributed by atoms with Crippen LogP contribution in [0, 0.1) is 5.92 Å². The van der Waals surface area contributed by atoms with Gasteiger partial charge in [0, 0.05) is 17.3 Å². The van der Waals surface area contributed by atoms with Crippen LogP contribution in [-0.2, 0) is 0 Å². The van der Waals surface area contributed by atoms with E-state index in [9.17, 15) is 4.79 Å². The second-order valence-corrected chi connectivity index (χ2v) is 5.29. The van der Waals surface area contributed by atoms with Gasteiger partial charge in [-0.1, -0.05) is 25.3 Å². The largest absolute Gasteiger partial charge is 0.399 e. The Morgan fingerprint density at radius 2 is 2.00 bits per heavy atom. The fourth-order valence-electron chi connectivity index (χ4n) is 2.72. The molecule has 0 spiro atoms. The molecule has 1 saturated carbocycles. The molecule has 1 unspecified atom stereocenters. The van der Waals surface area contributed by atoms with Crippen molar-refractivity contribution < 1.29 is 4.79 Å². The van der Waals surface area contributed by atoms with Crippen molar-refractivity contribution in [1.82, 2.24) is 5.32 Å². The molecule has 1 atom stereocenters. The Balaban J connectivity index is 0.00000180. The molecule has 106 valence electrons. The van der Waals surface area contributed by atoms with Gasteiger partial charge in [0.1, 0.15) is 0 Å². The van der Waals surface area contributed by atoms with E-state index in [1.165, 1.54) is 32.1 Å². The van der Waals surface area contributed by atoms with Gasteiger partial charge in [-0.15, -0.1) is 12.4 Å². The Labute approximate surface area is 121 Å². The van der Waals surface area contributed by atoms with Crippen molar-refractivity contribution in [1.29, 1.82) is 0 Å². The first-order valence-electron chi connectivity index (χ1n) is 6.83. The molecule has 0 saturated heterocycles. The van der Waals surface area contributed by atoms with Crippen LogP contribution in [0.3, 0.4) is 0 Å². The highest BCUT2D eigenvalue weighted by molar-refractivity contribution is 5.95. The molecule has 3 N–H and O–H groups in total. The number of anilines is 1. The van der Waals surface area contributed by atoms with E-state index in [0.717, 1.165) is 0 Å². The van der Waals surface area contributed by atoms with Crippen LogP contribution < -0.4 is 11.1 Å². The van der Waals surface area contributed by atoms with Gasteiger partial charge in [0.15, 0.2) is 0 Å². The number of benzene rings is 1. The van der Waals surface area contributed by atoms with Crippen molar-refractivity contribution in [2.75, 3.05) is 5.73 Å². The van der Waals surface area contributed by atoms with Gasteiger partial charge in [0.05, 0.1) is 0 Å². The highest BCUT2D eigenvalue weighted by atomic mass is 35.5. The molecule has 0 bridgehead atoms. The van der Waals surface area contributed by atoms with Crippen LogP contribution in [0.25, 0.3) is 0 Å². The van der Waals surface area contributed by atoms with Crippen molar-refractivity contribution in [3.63, 3.8) is 0 Å². The fourth-order valence-corrected chi connectivity index (χ4v) is 2.72. The first-order chi connectivity index (χ1) is 8.66. The Hall–Kier alpha value is -1.22. The Morgan fingerprint density at radius 3 is 2.63 bits per heavy atom. The molecule has 1 amide bonds. The average molecular weight is 283 g/mol. The molecule has 0 aliphatic heterocycles. The molecular formula is C15H23ClN2O. The molecule has 0 heterocycles. The van der Waals surface area contributed by atoms with Crippen molar-refractivity contribution in [2.24, 2.45) is 5.92 Å². The summed E-state index contributed by atoms with van der Waals surface area (Å²) in [6, 6.07) is 7.39. The van der Waals surface area contributed by atoms with Crippen molar-refractivity contribution >= 4 is 24.0 Å². The molecule has 4 heteroatoms. The summed E-state index contributed by atoms with van der Waals surface area (Å²) in [5.41, 5.74) is 6.97. The molecule has 2 rings (SSSR count). The number of amides is 1. The van der Waals surface area contributed by atoms with Crippen LogP contribution in [0.15, 0.2) is 24.3 Å². The third kappa shape index (κ3) is 4.43. The number of halogens is 1. The lowest BCUT2D eigenvalue weighted by atomic mass is 9.84. The summed E-state index contributed by atoms with van der Waals surface area (Å²) < 4.78 is 0. The topological polar surface area (TPSA) is 55.1 Å². The van der Waals surface area contributed by atoms with Crippen LogP contribution >= 0.6 is 12.4 Å². The van der Waals surface area contributed by atoms with Gasteiger partial charge >= 0.3 is 0 Å². The van der Waals surface area contributed by atoms with E-state index in [1.54, 1.807) is 18.2 Å². The van der Waals surface area contributed by atoms with Crippen LogP contribution in [0.1, 0.15) is 49.4 Å². The number of carbonyl (C=O) groups is 1. The maximum Gasteiger partial charge on any atom is 0.251 e. The summed E-state index contributed by atoms with van der Waals surface area (Å²) in [6.45, 7) is 2.11. The van der Waals surface area contributed by atoms with Crippen molar-refractivity contribution in [2.45, 2.75) is 45.1 Å². The number of nitrogens with one attached hydrogen (secondary N) is 1. The summed E-state index contributed by atoms with van der Waals surface area (Å²) in [6.07, 6.45) is 6.40. The molecular weight excluding hydrogens is 260 g/mol. The van der Waals surface area contributed by atoms with E-state index in [4.69, 9.17) is 5.73 Å². The zero-order chi connectivity index (χ0) is 13.0. The molecule has 19 heavy (non-hydrogen) atoms. The monoisotopic (exact) mass is 282 g/mol. The second-order valence-electron chi connectivity index (χ2n) is 5.29. The quantitative estimate of drug-likeness (QED) is 0.835. The third-order valence-corrected chi connectivity index (χ3v) is 3.86. The first kappa shape index (κ1) is 15.8. The van der Waals surface area contributed by atoms with Gasteiger partial charge < -0.3 is 11.1 Å². The van der Waals surface area contributed by atoms with Gasteiger partial charge in [0.25, 0.3) is 5.91 Å². The highest BCUT2D eigenvalue weighted by Gasteiger charge is 2.21. The molecule has 1 fully saturated rings. The molecule has 1 aliphatic rings. The minimum Gasteiger partial charge on any atom is -0.399 e. The summed E-state index contributed by atoms with van der Waals surface area (Å²) in [7, 11) is 0. The van der Waals surface area contributed by atoms with Gasteiger partial charge in [-0.05, 0) is 43.9 Å². The predicted octanol–water partition coefficient (Wildman–Crippen LogP) is 3.39. The van der Waals surface area contributed by atoms with E-state index >= 15 is 0 Å². The minimum atomic E-state index is -0.0135. The van der Waals surface area contributed by atoms with E-state index in [1.807, 2.05) is 6.07 Å². The Kier molecular flexibility index (Phi) is 6.16. The van der Waals surface area contributed by atoms with Gasteiger partial charge in [-0.25, -0.2) is 0 Å². The third-order valence-electron chi connectivity index (χ3n) is 3.86. The summed E-state index contributed by atoms with van der Waals surface area (Å²) in [5, 5.41) is 3.10. The predicted molar refractivity (Wildman–Crippen MR) is 81.6 cm³/mol. The molecule has 1 aliphatic carbocycles. The Bertz CT molecular complexity index is 416. The lowest BCUT2D eigenvalue weighted by Crippen LogP contribution is -2.38. The van der Waals surface area contributed by atoms with Gasteiger partial charge in [-0.3, -0.25) is 4.79 Å². The zero-order valence-electron chi connectivity index (χ0n) is 11.4. The summed E-state index contributed by atoms with van der Waals surface area (Å²) in [4.78, 5) is 12.1. The maximum absolute atomic E-state index is 12.1. The molecule has 0 radical (unpaired) electrons. The normalized spacial score (nSPS) is 17.3. The van der Waals surface area contributed by atoms with E-state index in [0.29, 0.717) is 17.2 Å². The molecule has 1 aromatic rings. The number of nitrogens with two attached hydrogens (primary N) is 1. The summed E-state index contributed by atoms with van der Waals surface area (Å²) in [5.74, 6) is 0.615.